The van der Waals surface area contributed by atoms with Gasteiger partial charge in [-0.05, 0) is 31.3 Å². The van der Waals surface area contributed by atoms with Crippen LogP contribution in [0.15, 0.2) is 37.0 Å². The summed E-state index contributed by atoms with van der Waals surface area (Å²) in [6.07, 6.45) is 6.88. The fourth-order valence-electron chi connectivity index (χ4n) is 2.85. The van der Waals surface area contributed by atoms with Crippen LogP contribution in [-0.4, -0.2) is 11.6 Å². The monoisotopic (exact) mass is 262 g/mol. The summed E-state index contributed by atoms with van der Waals surface area (Å²) < 4.78 is 5.66. The average molecular weight is 262 g/mol. The van der Waals surface area contributed by atoms with Crippen LogP contribution >= 0.6 is 0 Å². The lowest BCUT2D eigenvalue weighted by molar-refractivity contribution is -0.159. The standard InChI is InChI=1S/C17H26O2/c1-8-16(7)9-10-17(13(4)5,19-14(6)18)11-15(16)12(2)3/h8-10,13,15H,1-2,11H2,3-7H3/t15-,16+,17-/m0/s1. The van der Waals surface area contributed by atoms with Crippen molar-refractivity contribution in [2.24, 2.45) is 17.3 Å². The molecule has 0 aromatic rings. The van der Waals surface area contributed by atoms with E-state index in [4.69, 9.17) is 4.74 Å². The molecule has 0 aromatic carbocycles. The second-order valence-corrected chi connectivity index (χ2v) is 6.21. The Labute approximate surface area is 117 Å². The van der Waals surface area contributed by atoms with E-state index in [0.717, 1.165) is 12.0 Å². The number of allylic oxidation sites excluding steroid dienone is 3. The molecule has 0 fully saturated rings. The summed E-state index contributed by atoms with van der Waals surface area (Å²) in [5.74, 6) is 0.224. The van der Waals surface area contributed by atoms with Gasteiger partial charge >= 0.3 is 5.97 Å². The van der Waals surface area contributed by atoms with Crippen molar-refractivity contribution in [2.75, 3.05) is 0 Å². The summed E-state index contributed by atoms with van der Waals surface area (Å²) in [7, 11) is 0. The molecule has 2 nitrogen and oxygen atoms in total. The van der Waals surface area contributed by atoms with Crippen LogP contribution in [0.5, 0.6) is 0 Å². The first-order chi connectivity index (χ1) is 8.67. The Balaban J connectivity index is 3.25. The highest BCUT2D eigenvalue weighted by Crippen LogP contribution is 2.48. The molecule has 106 valence electrons. The van der Waals surface area contributed by atoms with E-state index in [2.05, 4.69) is 40.0 Å². The van der Waals surface area contributed by atoms with Gasteiger partial charge < -0.3 is 4.74 Å². The van der Waals surface area contributed by atoms with Gasteiger partial charge in [-0.2, -0.15) is 0 Å². The number of carbonyl (C=O) groups excluding carboxylic acids is 1. The molecule has 0 heterocycles. The number of rotatable bonds is 4. The third-order valence-electron chi connectivity index (χ3n) is 4.34. The van der Waals surface area contributed by atoms with Gasteiger partial charge in [0.25, 0.3) is 0 Å². The minimum atomic E-state index is -0.530. The minimum absolute atomic E-state index is 0.121. The molecule has 1 aliphatic carbocycles. The molecule has 19 heavy (non-hydrogen) atoms. The van der Waals surface area contributed by atoms with Crippen LogP contribution in [0.3, 0.4) is 0 Å². The van der Waals surface area contributed by atoms with E-state index < -0.39 is 5.60 Å². The molecule has 0 unspecified atom stereocenters. The lowest BCUT2D eigenvalue weighted by Gasteiger charge is -2.46. The quantitative estimate of drug-likeness (QED) is 0.558. The second kappa shape index (κ2) is 5.36. The van der Waals surface area contributed by atoms with Crippen molar-refractivity contribution in [3.63, 3.8) is 0 Å². The zero-order valence-electron chi connectivity index (χ0n) is 12.8. The van der Waals surface area contributed by atoms with Crippen LogP contribution < -0.4 is 0 Å². The maximum atomic E-state index is 11.4. The number of ether oxygens (including phenoxy) is 1. The molecular formula is C17H26O2. The smallest absolute Gasteiger partial charge is 0.303 e. The first-order valence-corrected chi connectivity index (χ1v) is 6.86. The largest absolute Gasteiger partial charge is 0.455 e. The van der Waals surface area contributed by atoms with Gasteiger partial charge in [0.2, 0.25) is 0 Å². The summed E-state index contributed by atoms with van der Waals surface area (Å²) >= 11 is 0. The number of carbonyl (C=O) groups is 1. The van der Waals surface area contributed by atoms with Gasteiger partial charge in [-0.15, -0.1) is 6.58 Å². The molecule has 0 N–H and O–H groups in total. The molecule has 1 rings (SSSR count). The highest BCUT2D eigenvalue weighted by atomic mass is 16.6. The maximum absolute atomic E-state index is 11.4. The molecule has 0 radical (unpaired) electrons. The van der Waals surface area contributed by atoms with Crippen molar-refractivity contribution in [2.45, 2.75) is 46.6 Å². The van der Waals surface area contributed by atoms with Gasteiger partial charge in [0, 0.05) is 12.3 Å². The van der Waals surface area contributed by atoms with Gasteiger partial charge in [0.15, 0.2) is 0 Å². The van der Waals surface area contributed by atoms with E-state index in [1.165, 1.54) is 6.92 Å². The summed E-state index contributed by atoms with van der Waals surface area (Å²) in [4.78, 5) is 11.4. The SMILES string of the molecule is C=C[C@]1(C)C=C[C@@](OC(C)=O)(C(C)C)C[C@H]1C(=C)C. The maximum Gasteiger partial charge on any atom is 0.303 e. The topological polar surface area (TPSA) is 26.3 Å². The lowest BCUT2D eigenvalue weighted by Crippen LogP contribution is -2.46. The van der Waals surface area contributed by atoms with E-state index >= 15 is 0 Å². The molecule has 0 aromatic heterocycles. The van der Waals surface area contributed by atoms with E-state index in [9.17, 15) is 4.79 Å². The van der Waals surface area contributed by atoms with Crippen LogP contribution in [-0.2, 0) is 9.53 Å². The highest BCUT2D eigenvalue weighted by Gasteiger charge is 2.45. The van der Waals surface area contributed by atoms with Gasteiger partial charge in [0.1, 0.15) is 5.60 Å². The van der Waals surface area contributed by atoms with E-state index in [1.807, 2.05) is 19.1 Å². The molecule has 0 saturated carbocycles. The predicted octanol–water partition coefficient (Wildman–Crippen LogP) is 4.29. The van der Waals surface area contributed by atoms with Crippen molar-refractivity contribution in [1.82, 2.24) is 0 Å². The Kier molecular flexibility index (Phi) is 4.44. The summed E-state index contributed by atoms with van der Waals surface area (Å²) in [5.41, 5.74) is 0.450. The summed E-state index contributed by atoms with van der Waals surface area (Å²) in [5, 5.41) is 0. The minimum Gasteiger partial charge on any atom is -0.455 e. The van der Waals surface area contributed by atoms with Gasteiger partial charge in [-0.3, -0.25) is 4.79 Å². The number of esters is 1. The van der Waals surface area contributed by atoms with Crippen molar-refractivity contribution < 1.29 is 9.53 Å². The Morgan fingerprint density at radius 3 is 2.37 bits per heavy atom. The number of hydrogen-bond donors (Lipinski definition) is 0. The molecule has 0 bridgehead atoms. The molecule has 3 atom stereocenters. The molecule has 2 heteroatoms. The van der Waals surface area contributed by atoms with Crippen LogP contribution in [0.25, 0.3) is 0 Å². The zero-order chi connectivity index (χ0) is 14.8. The fourth-order valence-corrected chi connectivity index (χ4v) is 2.85. The molecular weight excluding hydrogens is 236 g/mol. The Morgan fingerprint density at radius 2 is 2.00 bits per heavy atom. The first kappa shape index (κ1) is 15.7. The van der Waals surface area contributed by atoms with Crippen LogP contribution in [0.1, 0.15) is 41.0 Å². The van der Waals surface area contributed by atoms with Crippen molar-refractivity contribution in [3.8, 4) is 0 Å². The first-order valence-electron chi connectivity index (χ1n) is 6.86. The molecule has 1 aliphatic rings. The summed E-state index contributed by atoms with van der Waals surface area (Å²) in [6.45, 7) is 17.9. The molecule has 0 saturated heterocycles. The number of hydrogen-bond acceptors (Lipinski definition) is 2. The molecule has 0 amide bonds. The average Bonchev–Trinajstić information content (AvgIpc) is 2.30. The van der Waals surface area contributed by atoms with Crippen LogP contribution in [0, 0.1) is 17.3 Å². The van der Waals surface area contributed by atoms with Crippen LogP contribution in [0.4, 0.5) is 0 Å². The Hall–Kier alpha value is -1.31. The van der Waals surface area contributed by atoms with E-state index in [-0.39, 0.29) is 23.2 Å². The lowest BCUT2D eigenvalue weighted by atomic mass is 9.63. The third kappa shape index (κ3) is 2.99. The highest BCUT2D eigenvalue weighted by molar-refractivity contribution is 5.67. The van der Waals surface area contributed by atoms with Crippen molar-refractivity contribution >= 4 is 5.97 Å². The van der Waals surface area contributed by atoms with Crippen LogP contribution in [0.2, 0.25) is 0 Å². The Morgan fingerprint density at radius 1 is 1.42 bits per heavy atom. The van der Waals surface area contributed by atoms with Gasteiger partial charge in [-0.25, -0.2) is 0 Å². The molecule has 0 aliphatic heterocycles. The predicted molar refractivity (Wildman–Crippen MR) is 79.7 cm³/mol. The normalized spacial score (nSPS) is 34.1. The van der Waals surface area contributed by atoms with E-state index in [0.29, 0.717) is 0 Å². The van der Waals surface area contributed by atoms with Crippen molar-refractivity contribution in [1.29, 1.82) is 0 Å². The zero-order valence-corrected chi connectivity index (χ0v) is 12.8. The van der Waals surface area contributed by atoms with Gasteiger partial charge in [-0.1, -0.05) is 45.1 Å². The van der Waals surface area contributed by atoms with Gasteiger partial charge in [0.05, 0.1) is 0 Å². The van der Waals surface area contributed by atoms with Crippen molar-refractivity contribution in [3.05, 3.63) is 37.0 Å². The Bertz CT molecular complexity index is 419. The molecule has 0 spiro atoms. The fraction of sp³-hybridized carbons (Fsp3) is 0.588. The second-order valence-electron chi connectivity index (χ2n) is 6.21. The summed E-state index contributed by atoms with van der Waals surface area (Å²) in [6, 6.07) is 0. The van der Waals surface area contributed by atoms with E-state index in [1.54, 1.807) is 0 Å². The third-order valence-corrected chi connectivity index (χ3v) is 4.34.